The topological polar surface area (TPSA) is 55.4 Å². The van der Waals surface area contributed by atoms with E-state index in [0.29, 0.717) is 31.4 Å². The summed E-state index contributed by atoms with van der Waals surface area (Å²) in [6.07, 6.45) is 2.31. The van der Waals surface area contributed by atoms with Gasteiger partial charge < -0.3 is 4.74 Å². The minimum absolute atomic E-state index is 0.123. The molecule has 0 saturated carbocycles. The fourth-order valence-corrected chi connectivity index (χ4v) is 2.76. The summed E-state index contributed by atoms with van der Waals surface area (Å²) < 4.78 is 30.5. The Balaban J connectivity index is 3.87. The van der Waals surface area contributed by atoms with Gasteiger partial charge in [0.2, 0.25) is 10.0 Å². The molecule has 1 N–H and O–H groups in total. The van der Waals surface area contributed by atoms with Crippen LogP contribution in [0.1, 0.15) is 26.2 Å². The van der Waals surface area contributed by atoms with Gasteiger partial charge in [0.1, 0.15) is 0 Å². The van der Waals surface area contributed by atoms with Crippen LogP contribution in [0.4, 0.5) is 0 Å². The third kappa shape index (κ3) is 8.33. The number of ether oxygens (including phenoxy) is 1. The Bertz CT molecular complexity index is 257. The Morgan fingerprint density at radius 1 is 1.44 bits per heavy atom. The lowest BCUT2D eigenvalue weighted by atomic mass is 10.0. The standard InChI is InChI=1S/C10H22ClNO3S/c1-3-10(5-6-11)9-12-16(13,14)8-4-7-15-2/h10,12H,3-9H2,1-2H3. The van der Waals surface area contributed by atoms with Crippen molar-refractivity contribution in [1.82, 2.24) is 4.72 Å². The van der Waals surface area contributed by atoms with Gasteiger partial charge in [0.15, 0.2) is 0 Å². The summed E-state index contributed by atoms with van der Waals surface area (Å²) in [6, 6.07) is 0. The normalized spacial score (nSPS) is 13.9. The van der Waals surface area contributed by atoms with E-state index in [1.54, 1.807) is 7.11 Å². The highest BCUT2D eigenvalue weighted by molar-refractivity contribution is 7.89. The average Bonchev–Trinajstić information content (AvgIpc) is 2.24. The Morgan fingerprint density at radius 3 is 2.62 bits per heavy atom. The minimum atomic E-state index is -3.15. The first-order valence-corrected chi connectivity index (χ1v) is 7.76. The SMILES string of the molecule is CCC(CCCl)CNS(=O)(=O)CCCOC. The van der Waals surface area contributed by atoms with Crippen molar-refractivity contribution in [1.29, 1.82) is 0 Å². The number of sulfonamides is 1. The summed E-state index contributed by atoms with van der Waals surface area (Å²) in [5.41, 5.74) is 0. The summed E-state index contributed by atoms with van der Waals surface area (Å²) in [6.45, 7) is 2.99. The molecule has 0 aromatic carbocycles. The predicted octanol–water partition coefficient (Wildman–Crippen LogP) is 1.60. The maximum absolute atomic E-state index is 11.5. The van der Waals surface area contributed by atoms with Crippen LogP contribution in [-0.4, -0.2) is 40.3 Å². The minimum Gasteiger partial charge on any atom is -0.385 e. The first-order valence-electron chi connectivity index (χ1n) is 5.58. The first-order chi connectivity index (χ1) is 7.55. The number of hydrogen-bond donors (Lipinski definition) is 1. The van der Waals surface area contributed by atoms with Crippen LogP contribution in [0.25, 0.3) is 0 Å². The van der Waals surface area contributed by atoms with Crippen LogP contribution in [0.5, 0.6) is 0 Å². The van der Waals surface area contributed by atoms with Crippen molar-refractivity contribution < 1.29 is 13.2 Å². The summed E-state index contributed by atoms with van der Waals surface area (Å²) in [4.78, 5) is 0. The van der Waals surface area contributed by atoms with Crippen LogP contribution in [0.15, 0.2) is 0 Å². The number of rotatable bonds is 10. The van der Waals surface area contributed by atoms with E-state index in [-0.39, 0.29) is 5.75 Å². The molecule has 0 rings (SSSR count). The van der Waals surface area contributed by atoms with Gasteiger partial charge in [0, 0.05) is 26.1 Å². The zero-order valence-corrected chi connectivity index (χ0v) is 11.6. The van der Waals surface area contributed by atoms with Crippen molar-refractivity contribution in [3.8, 4) is 0 Å². The van der Waals surface area contributed by atoms with Gasteiger partial charge in [-0.2, -0.15) is 0 Å². The second-order valence-electron chi connectivity index (χ2n) is 3.77. The quantitative estimate of drug-likeness (QED) is 0.485. The summed E-state index contributed by atoms with van der Waals surface area (Å²) in [7, 11) is -1.59. The van der Waals surface area contributed by atoms with Crippen LogP contribution >= 0.6 is 11.6 Å². The third-order valence-electron chi connectivity index (χ3n) is 2.45. The number of hydrogen-bond acceptors (Lipinski definition) is 3. The Labute approximate surface area is 104 Å². The second-order valence-corrected chi connectivity index (χ2v) is 6.07. The van der Waals surface area contributed by atoms with E-state index in [1.165, 1.54) is 0 Å². The molecule has 98 valence electrons. The van der Waals surface area contributed by atoms with Gasteiger partial charge in [-0.05, 0) is 18.8 Å². The lowest BCUT2D eigenvalue weighted by molar-refractivity contribution is 0.199. The van der Waals surface area contributed by atoms with Crippen LogP contribution in [0, 0.1) is 5.92 Å². The Kier molecular flexibility index (Phi) is 9.31. The molecule has 0 radical (unpaired) electrons. The van der Waals surface area contributed by atoms with E-state index >= 15 is 0 Å². The maximum Gasteiger partial charge on any atom is 0.211 e. The van der Waals surface area contributed by atoms with E-state index in [0.717, 1.165) is 12.8 Å². The van der Waals surface area contributed by atoms with E-state index in [2.05, 4.69) is 4.72 Å². The molecule has 4 nitrogen and oxygen atoms in total. The van der Waals surface area contributed by atoms with Gasteiger partial charge in [-0.25, -0.2) is 13.1 Å². The van der Waals surface area contributed by atoms with Crippen LogP contribution in [-0.2, 0) is 14.8 Å². The van der Waals surface area contributed by atoms with Crippen molar-refractivity contribution >= 4 is 21.6 Å². The van der Waals surface area contributed by atoms with Crippen molar-refractivity contribution in [3.05, 3.63) is 0 Å². The predicted molar refractivity (Wildman–Crippen MR) is 67.4 cm³/mol. The van der Waals surface area contributed by atoms with Gasteiger partial charge in [0.05, 0.1) is 5.75 Å². The molecule has 0 heterocycles. The number of nitrogens with one attached hydrogen (secondary N) is 1. The molecular weight excluding hydrogens is 250 g/mol. The van der Waals surface area contributed by atoms with E-state index < -0.39 is 10.0 Å². The molecule has 0 fully saturated rings. The van der Waals surface area contributed by atoms with Crippen molar-refractivity contribution in [3.63, 3.8) is 0 Å². The van der Waals surface area contributed by atoms with Gasteiger partial charge >= 0.3 is 0 Å². The second kappa shape index (κ2) is 9.22. The smallest absolute Gasteiger partial charge is 0.211 e. The van der Waals surface area contributed by atoms with E-state index in [9.17, 15) is 8.42 Å². The number of halogens is 1. The number of alkyl halides is 1. The summed E-state index contributed by atoms with van der Waals surface area (Å²) in [5.74, 6) is 1.02. The van der Waals surface area contributed by atoms with Crippen LogP contribution in [0.3, 0.4) is 0 Å². The molecule has 16 heavy (non-hydrogen) atoms. The molecule has 0 spiro atoms. The highest BCUT2D eigenvalue weighted by Crippen LogP contribution is 2.08. The largest absolute Gasteiger partial charge is 0.385 e. The zero-order valence-electron chi connectivity index (χ0n) is 10.0. The molecule has 1 atom stereocenters. The Hall–Kier alpha value is 0.160. The monoisotopic (exact) mass is 271 g/mol. The summed E-state index contributed by atoms with van der Waals surface area (Å²) in [5, 5.41) is 0. The van der Waals surface area contributed by atoms with E-state index in [1.807, 2.05) is 6.92 Å². The molecule has 0 aliphatic rings. The highest BCUT2D eigenvalue weighted by Gasteiger charge is 2.12. The average molecular weight is 272 g/mol. The van der Waals surface area contributed by atoms with Gasteiger partial charge in [-0.3, -0.25) is 0 Å². The lowest BCUT2D eigenvalue weighted by Crippen LogP contribution is -2.31. The Morgan fingerprint density at radius 2 is 2.12 bits per heavy atom. The molecule has 0 aliphatic carbocycles. The van der Waals surface area contributed by atoms with Crippen LogP contribution < -0.4 is 4.72 Å². The van der Waals surface area contributed by atoms with Gasteiger partial charge in [-0.15, -0.1) is 11.6 Å². The lowest BCUT2D eigenvalue weighted by Gasteiger charge is -2.14. The fraction of sp³-hybridized carbons (Fsp3) is 1.00. The van der Waals surface area contributed by atoms with Crippen molar-refractivity contribution in [2.75, 3.05) is 31.9 Å². The fourth-order valence-electron chi connectivity index (χ4n) is 1.32. The highest BCUT2D eigenvalue weighted by atomic mass is 35.5. The third-order valence-corrected chi connectivity index (χ3v) is 4.10. The summed E-state index contributed by atoms with van der Waals surface area (Å²) >= 11 is 5.63. The first kappa shape index (κ1) is 16.2. The van der Waals surface area contributed by atoms with Gasteiger partial charge in [0.25, 0.3) is 0 Å². The van der Waals surface area contributed by atoms with Crippen molar-refractivity contribution in [2.45, 2.75) is 26.2 Å². The zero-order chi connectivity index (χ0) is 12.4. The molecule has 0 aliphatic heterocycles. The molecule has 0 amide bonds. The van der Waals surface area contributed by atoms with E-state index in [4.69, 9.17) is 16.3 Å². The van der Waals surface area contributed by atoms with Crippen LogP contribution in [0.2, 0.25) is 0 Å². The van der Waals surface area contributed by atoms with Gasteiger partial charge in [-0.1, -0.05) is 13.3 Å². The molecule has 0 aromatic heterocycles. The maximum atomic E-state index is 11.5. The molecule has 0 saturated heterocycles. The molecule has 6 heteroatoms. The van der Waals surface area contributed by atoms with Crippen molar-refractivity contribution in [2.24, 2.45) is 5.92 Å². The number of methoxy groups -OCH3 is 1. The molecule has 1 unspecified atom stereocenters. The molecule has 0 aromatic rings. The molecule has 0 bridgehead atoms. The molecular formula is C10H22ClNO3S.